The molecule has 1 N–H and O–H groups in total. The van der Waals surface area contributed by atoms with Crippen LogP contribution in [0.2, 0.25) is 5.02 Å². The molecule has 2 aromatic carbocycles. The van der Waals surface area contributed by atoms with Crippen LogP contribution in [0, 0.1) is 5.92 Å². The second-order valence-corrected chi connectivity index (χ2v) is 8.02. The number of benzene rings is 2. The van der Waals surface area contributed by atoms with Crippen molar-refractivity contribution in [1.29, 1.82) is 0 Å². The Labute approximate surface area is 179 Å². The lowest BCUT2D eigenvalue weighted by Gasteiger charge is -2.31. The molecule has 2 aromatic rings. The summed E-state index contributed by atoms with van der Waals surface area (Å²) in [6.07, 6.45) is 3.73. The predicted octanol–water partition coefficient (Wildman–Crippen LogP) is 4.70. The molecule has 5 heteroatoms. The van der Waals surface area contributed by atoms with Crippen molar-refractivity contribution in [3.63, 3.8) is 0 Å². The minimum absolute atomic E-state index is 0.128. The van der Waals surface area contributed by atoms with Gasteiger partial charge in [-0.15, -0.1) is 0 Å². The standard InChI is InChI=1S/C24H31ClN2O2/c1-2-29-22-11-9-19(10-12-22)6-5-15-26-24(28)20-13-16-27(17-14-20)18-21-7-3-4-8-23(21)25/h3-4,7-12,20H,2,5-6,13-18H2,1H3,(H,26,28). The summed E-state index contributed by atoms with van der Waals surface area (Å²) in [7, 11) is 0. The fraction of sp³-hybridized carbons (Fsp3) is 0.458. The normalized spacial score (nSPS) is 15.2. The molecule has 1 fully saturated rings. The zero-order valence-corrected chi connectivity index (χ0v) is 18.0. The van der Waals surface area contributed by atoms with Crippen LogP contribution in [-0.2, 0) is 17.8 Å². The molecule has 3 rings (SSSR count). The molecule has 156 valence electrons. The summed E-state index contributed by atoms with van der Waals surface area (Å²) in [5.41, 5.74) is 2.43. The fourth-order valence-electron chi connectivity index (χ4n) is 3.79. The molecule has 0 atom stereocenters. The predicted molar refractivity (Wildman–Crippen MR) is 118 cm³/mol. The highest BCUT2D eigenvalue weighted by atomic mass is 35.5. The van der Waals surface area contributed by atoms with Gasteiger partial charge in [0, 0.05) is 24.0 Å². The lowest BCUT2D eigenvalue weighted by molar-refractivity contribution is -0.126. The van der Waals surface area contributed by atoms with Gasteiger partial charge >= 0.3 is 0 Å². The summed E-state index contributed by atoms with van der Waals surface area (Å²) in [6, 6.07) is 16.2. The lowest BCUT2D eigenvalue weighted by atomic mass is 9.95. The Morgan fingerprint density at radius 2 is 1.86 bits per heavy atom. The number of likely N-dealkylation sites (tertiary alicyclic amines) is 1. The number of nitrogens with zero attached hydrogens (tertiary/aromatic N) is 1. The Balaban J connectivity index is 1.33. The van der Waals surface area contributed by atoms with E-state index < -0.39 is 0 Å². The third kappa shape index (κ3) is 6.76. The number of aryl methyl sites for hydroxylation is 1. The maximum atomic E-state index is 12.5. The molecule has 29 heavy (non-hydrogen) atoms. The molecule has 1 saturated heterocycles. The number of carbonyl (C=O) groups is 1. The minimum Gasteiger partial charge on any atom is -0.494 e. The molecule has 0 bridgehead atoms. The van der Waals surface area contributed by atoms with Gasteiger partial charge in [0.15, 0.2) is 0 Å². The quantitative estimate of drug-likeness (QED) is 0.604. The number of halogens is 1. The van der Waals surface area contributed by atoms with E-state index in [4.69, 9.17) is 16.3 Å². The number of hydrogen-bond acceptors (Lipinski definition) is 3. The molecule has 0 aliphatic carbocycles. The van der Waals surface area contributed by atoms with Crippen LogP contribution in [0.25, 0.3) is 0 Å². The average molecular weight is 415 g/mol. The van der Waals surface area contributed by atoms with E-state index in [2.05, 4.69) is 28.4 Å². The largest absolute Gasteiger partial charge is 0.494 e. The van der Waals surface area contributed by atoms with E-state index in [0.29, 0.717) is 6.61 Å². The van der Waals surface area contributed by atoms with Crippen LogP contribution in [0.4, 0.5) is 0 Å². The van der Waals surface area contributed by atoms with Crippen molar-refractivity contribution in [1.82, 2.24) is 10.2 Å². The summed E-state index contributed by atoms with van der Waals surface area (Å²) < 4.78 is 5.46. The maximum absolute atomic E-state index is 12.5. The number of carbonyl (C=O) groups excluding carboxylic acids is 1. The summed E-state index contributed by atoms with van der Waals surface area (Å²) >= 11 is 6.26. The monoisotopic (exact) mass is 414 g/mol. The molecular weight excluding hydrogens is 384 g/mol. The van der Waals surface area contributed by atoms with Gasteiger partial charge < -0.3 is 10.1 Å². The zero-order valence-electron chi connectivity index (χ0n) is 17.2. The van der Waals surface area contributed by atoms with E-state index in [1.165, 1.54) is 5.56 Å². The van der Waals surface area contributed by atoms with Gasteiger partial charge in [0.1, 0.15) is 5.75 Å². The van der Waals surface area contributed by atoms with Crippen molar-refractivity contribution < 1.29 is 9.53 Å². The van der Waals surface area contributed by atoms with E-state index in [0.717, 1.165) is 68.2 Å². The fourth-order valence-corrected chi connectivity index (χ4v) is 3.98. The van der Waals surface area contributed by atoms with Crippen LogP contribution in [-0.4, -0.2) is 37.0 Å². The molecular formula is C24H31ClN2O2. The van der Waals surface area contributed by atoms with Crippen LogP contribution < -0.4 is 10.1 Å². The number of hydrogen-bond donors (Lipinski definition) is 1. The van der Waals surface area contributed by atoms with Gasteiger partial charge in [-0.1, -0.05) is 41.9 Å². The maximum Gasteiger partial charge on any atom is 0.223 e. The third-order valence-corrected chi connectivity index (χ3v) is 5.85. The molecule has 1 aliphatic rings. The average Bonchev–Trinajstić information content (AvgIpc) is 2.74. The van der Waals surface area contributed by atoms with E-state index in [9.17, 15) is 4.79 Å². The van der Waals surface area contributed by atoms with Crippen LogP contribution in [0.1, 0.15) is 37.3 Å². The van der Waals surface area contributed by atoms with Crippen molar-refractivity contribution in [3.8, 4) is 5.75 Å². The summed E-state index contributed by atoms with van der Waals surface area (Å²) in [5.74, 6) is 1.24. The molecule has 0 spiro atoms. The first-order valence-electron chi connectivity index (χ1n) is 10.6. The Morgan fingerprint density at radius 1 is 1.14 bits per heavy atom. The van der Waals surface area contributed by atoms with Crippen LogP contribution in [0.15, 0.2) is 48.5 Å². The summed E-state index contributed by atoms with van der Waals surface area (Å²) in [4.78, 5) is 14.9. The van der Waals surface area contributed by atoms with Crippen molar-refractivity contribution in [2.45, 2.75) is 39.2 Å². The Kier molecular flexibility index (Phi) is 8.38. The Bertz CT molecular complexity index is 771. The van der Waals surface area contributed by atoms with Gasteiger partial charge in [-0.05, 0) is 75.0 Å². The van der Waals surface area contributed by atoms with Crippen molar-refractivity contribution in [2.24, 2.45) is 5.92 Å². The molecule has 0 unspecified atom stereocenters. The topological polar surface area (TPSA) is 41.6 Å². The molecule has 1 aliphatic heterocycles. The molecule has 4 nitrogen and oxygen atoms in total. The Morgan fingerprint density at radius 3 is 2.55 bits per heavy atom. The molecule has 0 radical (unpaired) electrons. The Hall–Kier alpha value is -2.04. The number of piperidine rings is 1. The number of amides is 1. The first-order valence-corrected chi connectivity index (χ1v) is 11.0. The molecule has 1 amide bonds. The summed E-state index contributed by atoms with van der Waals surface area (Å²) in [6.45, 7) is 6.14. The van der Waals surface area contributed by atoms with Crippen molar-refractivity contribution >= 4 is 17.5 Å². The highest BCUT2D eigenvalue weighted by Gasteiger charge is 2.24. The van der Waals surface area contributed by atoms with Crippen molar-refractivity contribution in [3.05, 3.63) is 64.7 Å². The smallest absolute Gasteiger partial charge is 0.223 e. The molecule has 1 heterocycles. The molecule has 0 aromatic heterocycles. The van der Waals surface area contributed by atoms with Crippen LogP contribution >= 0.6 is 11.6 Å². The minimum atomic E-state index is 0.128. The van der Waals surface area contributed by atoms with Crippen LogP contribution in [0.5, 0.6) is 5.75 Å². The lowest BCUT2D eigenvalue weighted by Crippen LogP contribution is -2.40. The van der Waals surface area contributed by atoms with Crippen LogP contribution in [0.3, 0.4) is 0 Å². The van der Waals surface area contributed by atoms with E-state index in [1.807, 2.05) is 37.3 Å². The number of ether oxygens (including phenoxy) is 1. The van der Waals surface area contributed by atoms with E-state index in [1.54, 1.807) is 0 Å². The van der Waals surface area contributed by atoms with Gasteiger partial charge in [-0.3, -0.25) is 9.69 Å². The van der Waals surface area contributed by atoms with Gasteiger partial charge in [0.2, 0.25) is 5.91 Å². The van der Waals surface area contributed by atoms with Gasteiger partial charge in [-0.2, -0.15) is 0 Å². The van der Waals surface area contributed by atoms with Gasteiger partial charge in [0.05, 0.1) is 6.61 Å². The van der Waals surface area contributed by atoms with Gasteiger partial charge in [-0.25, -0.2) is 0 Å². The molecule has 0 saturated carbocycles. The first kappa shape index (κ1) is 21.7. The highest BCUT2D eigenvalue weighted by Crippen LogP contribution is 2.22. The SMILES string of the molecule is CCOc1ccc(CCCNC(=O)C2CCN(Cc3ccccc3Cl)CC2)cc1. The number of rotatable bonds is 9. The highest BCUT2D eigenvalue weighted by molar-refractivity contribution is 6.31. The van der Waals surface area contributed by atoms with E-state index >= 15 is 0 Å². The van der Waals surface area contributed by atoms with Gasteiger partial charge in [0.25, 0.3) is 0 Å². The zero-order chi connectivity index (χ0) is 20.5. The first-order chi connectivity index (χ1) is 14.2. The second kappa shape index (κ2) is 11.2. The second-order valence-electron chi connectivity index (χ2n) is 7.61. The summed E-state index contributed by atoms with van der Waals surface area (Å²) in [5, 5.41) is 3.94. The van der Waals surface area contributed by atoms with E-state index in [-0.39, 0.29) is 11.8 Å². The third-order valence-electron chi connectivity index (χ3n) is 5.49. The number of nitrogens with one attached hydrogen (secondary N) is 1. The van der Waals surface area contributed by atoms with Crippen molar-refractivity contribution in [2.75, 3.05) is 26.2 Å².